The van der Waals surface area contributed by atoms with Gasteiger partial charge in [0.1, 0.15) is 0 Å². The molecule has 2 rings (SSSR count). The maximum atomic E-state index is 5.28. The predicted octanol–water partition coefficient (Wildman–Crippen LogP) is -1.13. The molecular weight excluding hydrogens is 180 g/mol. The van der Waals surface area contributed by atoms with Gasteiger partial charge in [0.2, 0.25) is 0 Å². The van der Waals surface area contributed by atoms with Crippen molar-refractivity contribution in [1.82, 2.24) is 15.5 Å². The van der Waals surface area contributed by atoms with E-state index >= 15 is 0 Å². The molecule has 0 aromatic heterocycles. The third kappa shape index (κ3) is 2.85. The van der Waals surface area contributed by atoms with Gasteiger partial charge in [0, 0.05) is 32.7 Å². The van der Waals surface area contributed by atoms with Gasteiger partial charge >= 0.3 is 0 Å². The zero-order valence-electron chi connectivity index (χ0n) is 8.46. The summed E-state index contributed by atoms with van der Waals surface area (Å²) in [6.45, 7) is 7.78. The fourth-order valence-corrected chi connectivity index (χ4v) is 1.67. The first-order valence-electron chi connectivity index (χ1n) is 5.27. The van der Waals surface area contributed by atoms with Gasteiger partial charge in [0.15, 0.2) is 5.96 Å². The summed E-state index contributed by atoms with van der Waals surface area (Å²) >= 11 is 0. The van der Waals surface area contributed by atoms with Crippen molar-refractivity contribution in [2.45, 2.75) is 0 Å². The molecule has 5 nitrogen and oxygen atoms in total. The molecule has 0 aliphatic carbocycles. The molecule has 0 saturated carbocycles. The Morgan fingerprint density at radius 3 is 3.00 bits per heavy atom. The first-order chi connectivity index (χ1) is 6.95. The van der Waals surface area contributed by atoms with E-state index in [4.69, 9.17) is 4.74 Å². The molecule has 0 radical (unpaired) electrons. The first-order valence-corrected chi connectivity index (χ1v) is 5.27. The Morgan fingerprint density at radius 1 is 1.43 bits per heavy atom. The van der Waals surface area contributed by atoms with Crippen LogP contribution >= 0.6 is 0 Å². The minimum Gasteiger partial charge on any atom is -0.379 e. The Hall–Kier alpha value is -0.810. The molecular formula is C9H18N4O. The molecule has 0 bridgehead atoms. The summed E-state index contributed by atoms with van der Waals surface area (Å²) in [4.78, 5) is 6.68. The zero-order chi connectivity index (χ0) is 9.64. The van der Waals surface area contributed by atoms with E-state index in [9.17, 15) is 0 Å². The van der Waals surface area contributed by atoms with Crippen LogP contribution in [-0.2, 0) is 4.74 Å². The number of nitrogens with one attached hydrogen (secondary N) is 2. The third-order valence-corrected chi connectivity index (χ3v) is 2.50. The Balaban J connectivity index is 1.57. The van der Waals surface area contributed by atoms with Gasteiger partial charge < -0.3 is 15.4 Å². The van der Waals surface area contributed by atoms with Crippen molar-refractivity contribution in [3.8, 4) is 0 Å². The summed E-state index contributed by atoms with van der Waals surface area (Å²) in [6, 6.07) is 0. The Morgan fingerprint density at radius 2 is 2.29 bits per heavy atom. The first kappa shape index (κ1) is 9.73. The lowest BCUT2D eigenvalue weighted by Gasteiger charge is -2.26. The van der Waals surface area contributed by atoms with E-state index in [0.29, 0.717) is 0 Å². The second kappa shape index (κ2) is 5.17. The highest BCUT2D eigenvalue weighted by Gasteiger charge is 2.10. The summed E-state index contributed by atoms with van der Waals surface area (Å²) in [5.41, 5.74) is 0. The van der Waals surface area contributed by atoms with Gasteiger partial charge in [-0.1, -0.05) is 0 Å². The van der Waals surface area contributed by atoms with Crippen LogP contribution in [0.5, 0.6) is 0 Å². The molecule has 2 heterocycles. The van der Waals surface area contributed by atoms with E-state index in [-0.39, 0.29) is 0 Å². The second-order valence-electron chi connectivity index (χ2n) is 3.54. The van der Waals surface area contributed by atoms with Crippen molar-refractivity contribution < 1.29 is 4.74 Å². The predicted molar refractivity (Wildman–Crippen MR) is 55.6 cm³/mol. The highest BCUT2D eigenvalue weighted by Crippen LogP contribution is 1.94. The maximum absolute atomic E-state index is 5.28. The van der Waals surface area contributed by atoms with Crippen LogP contribution in [0.3, 0.4) is 0 Å². The van der Waals surface area contributed by atoms with Crippen LogP contribution < -0.4 is 10.6 Å². The van der Waals surface area contributed by atoms with Gasteiger partial charge in [0.05, 0.1) is 19.8 Å². The number of morpholine rings is 1. The molecule has 0 aromatic carbocycles. The van der Waals surface area contributed by atoms with Crippen LogP contribution in [0.15, 0.2) is 4.99 Å². The van der Waals surface area contributed by atoms with Gasteiger partial charge in [-0.25, -0.2) is 0 Å². The molecule has 0 aromatic rings. The number of nitrogens with zero attached hydrogens (tertiary/aromatic N) is 2. The van der Waals surface area contributed by atoms with Gasteiger partial charge in [-0.05, 0) is 0 Å². The molecule has 0 unspecified atom stereocenters. The lowest BCUT2D eigenvalue weighted by atomic mass is 10.4. The van der Waals surface area contributed by atoms with Crippen molar-refractivity contribution in [1.29, 1.82) is 0 Å². The highest BCUT2D eigenvalue weighted by molar-refractivity contribution is 5.81. The molecule has 2 aliphatic heterocycles. The SMILES string of the molecule is C1CNC(NCCN2CCOCC2)=N1. The lowest BCUT2D eigenvalue weighted by molar-refractivity contribution is 0.0389. The monoisotopic (exact) mass is 198 g/mol. The number of rotatable bonds is 3. The van der Waals surface area contributed by atoms with Gasteiger partial charge in [-0.3, -0.25) is 9.89 Å². The van der Waals surface area contributed by atoms with Crippen molar-refractivity contribution in [3.05, 3.63) is 0 Å². The summed E-state index contributed by atoms with van der Waals surface area (Å²) in [5, 5.41) is 6.48. The topological polar surface area (TPSA) is 48.9 Å². The Labute approximate surface area is 84.5 Å². The minimum absolute atomic E-state index is 0.874. The fraction of sp³-hybridized carbons (Fsp3) is 0.889. The van der Waals surface area contributed by atoms with E-state index in [1.807, 2.05) is 0 Å². The molecule has 2 N–H and O–H groups in total. The van der Waals surface area contributed by atoms with Crippen LogP contribution in [-0.4, -0.2) is 63.3 Å². The Kier molecular flexibility index (Phi) is 3.59. The van der Waals surface area contributed by atoms with Crippen LogP contribution in [0.4, 0.5) is 0 Å². The molecule has 14 heavy (non-hydrogen) atoms. The second-order valence-corrected chi connectivity index (χ2v) is 3.54. The Bertz CT molecular complexity index is 201. The van der Waals surface area contributed by atoms with E-state index in [2.05, 4.69) is 20.5 Å². The van der Waals surface area contributed by atoms with Crippen molar-refractivity contribution in [3.63, 3.8) is 0 Å². The van der Waals surface area contributed by atoms with E-state index in [1.165, 1.54) is 0 Å². The van der Waals surface area contributed by atoms with Crippen molar-refractivity contribution >= 4 is 5.96 Å². The molecule has 0 spiro atoms. The van der Waals surface area contributed by atoms with Crippen molar-refractivity contribution in [2.24, 2.45) is 4.99 Å². The number of hydrogen-bond donors (Lipinski definition) is 2. The van der Waals surface area contributed by atoms with Crippen LogP contribution in [0.25, 0.3) is 0 Å². The van der Waals surface area contributed by atoms with Crippen LogP contribution in [0.2, 0.25) is 0 Å². The number of ether oxygens (including phenoxy) is 1. The number of guanidine groups is 1. The molecule has 1 fully saturated rings. The standard InChI is InChI=1S/C9H18N4O/c1-2-11-9(10-1)12-3-4-13-5-7-14-8-6-13/h1-8H2,(H2,10,11,12). The smallest absolute Gasteiger partial charge is 0.191 e. The van der Waals surface area contributed by atoms with Crippen molar-refractivity contribution in [2.75, 3.05) is 52.5 Å². The van der Waals surface area contributed by atoms with Crippen LogP contribution in [0.1, 0.15) is 0 Å². The summed E-state index contributed by atoms with van der Waals surface area (Å²) in [6.07, 6.45) is 0. The molecule has 80 valence electrons. The minimum atomic E-state index is 0.874. The largest absolute Gasteiger partial charge is 0.379 e. The molecule has 1 saturated heterocycles. The average Bonchev–Trinajstić information content (AvgIpc) is 2.72. The lowest BCUT2D eigenvalue weighted by Crippen LogP contribution is -2.43. The van der Waals surface area contributed by atoms with Gasteiger partial charge in [-0.2, -0.15) is 0 Å². The third-order valence-electron chi connectivity index (χ3n) is 2.50. The average molecular weight is 198 g/mol. The quantitative estimate of drug-likeness (QED) is 0.602. The van der Waals surface area contributed by atoms with Gasteiger partial charge in [-0.15, -0.1) is 0 Å². The molecule has 5 heteroatoms. The van der Waals surface area contributed by atoms with E-state index < -0.39 is 0 Å². The summed E-state index contributed by atoms with van der Waals surface area (Å²) in [7, 11) is 0. The molecule has 2 aliphatic rings. The van der Waals surface area contributed by atoms with Crippen LogP contribution in [0, 0.1) is 0 Å². The molecule has 0 amide bonds. The van der Waals surface area contributed by atoms with E-state index in [0.717, 1.165) is 58.4 Å². The summed E-state index contributed by atoms with van der Waals surface area (Å²) < 4.78 is 5.28. The molecule has 0 atom stereocenters. The maximum Gasteiger partial charge on any atom is 0.191 e. The highest BCUT2D eigenvalue weighted by atomic mass is 16.5. The van der Waals surface area contributed by atoms with Gasteiger partial charge in [0.25, 0.3) is 0 Å². The number of hydrogen-bond acceptors (Lipinski definition) is 5. The fourth-order valence-electron chi connectivity index (χ4n) is 1.67. The summed E-state index contributed by atoms with van der Waals surface area (Å²) in [5.74, 6) is 0.957. The number of aliphatic imine (C=N–C) groups is 1. The normalized spacial score (nSPS) is 23.0. The van der Waals surface area contributed by atoms with E-state index in [1.54, 1.807) is 0 Å². The zero-order valence-corrected chi connectivity index (χ0v) is 8.46.